The molecule has 0 bridgehead atoms. The smallest absolute Gasteiger partial charge is 0.166 e. The van der Waals surface area contributed by atoms with E-state index in [0.29, 0.717) is 5.56 Å². The largest absolute Gasteiger partial charge is 0.340 e. The number of carbonyl (C=O) groups excluding carboxylic acids is 1. The highest BCUT2D eigenvalue weighted by molar-refractivity contribution is 9.10. The Morgan fingerprint density at radius 1 is 0.941 bits per heavy atom. The highest BCUT2D eigenvalue weighted by atomic mass is 79.9. The Labute approximate surface area is 219 Å². The van der Waals surface area contributed by atoms with Crippen molar-refractivity contribution in [2.75, 3.05) is 31.1 Å². The highest BCUT2D eigenvalue weighted by Crippen LogP contribution is 2.48. The van der Waals surface area contributed by atoms with Crippen LogP contribution in [0.3, 0.4) is 0 Å². The van der Waals surface area contributed by atoms with Crippen molar-refractivity contribution in [2.24, 2.45) is 5.92 Å². The number of para-hydroxylation sites is 1. The fourth-order valence-electron chi connectivity index (χ4n) is 4.76. The quantitative estimate of drug-likeness (QED) is 0.289. The number of hydrogen-bond donors (Lipinski definition) is 0. The number of halogens is 3. The van der Waals surface area contributed by atoms with Crippen LogP contribution < -0.4 is 4.90 Å². The van der Waals surface area contributed by atoms with Crippen LogP contribution in [0.4, 0.5) is 15.8 Å². The van der Waals surface area contributed by atoms with E-state index in [1.165, 1.54) is 33.3 Å². The average molecular weight is 562 g/mol. The first-order valence-corrected chi connectivity index (χ1v) is 13.1. The normalized spacial score (nSPS) is 15.9. The molecule has 0 spiro atoms. The van der Waals surface area contributed by atoms with Gasteiger partial charge in [0.25, 0.3) is 0 Å². The van der Waals surface area contributed by atoms with Crippen LogP contribution in [0.2, 0.25) is 0 Å². The van der Waals surface area contributed by atoms with Gasteiger partial charge < -0.3 is 9.80 Å². The minimum Gasteiger partial charge on any atom is -0.340 e. The minimum atomic E-state index is -0.300. The van der Waals surface area contributed by atoms with Gasteiger partial charge in [-0.1, -0.05) is 39.8 Å². The number of ketones is 1. The Balaban J connectivity index is 0.00000274. The first kappa shape index (κ1) is 25.2. The van der Waals surface area contributed by atoms with Gasteiger partial charge >= 0.3 is 0 Å². The van der Waals surface area contributed by atoms with Gasteiger partial charge in [0.05, 0.1) is 11.4 Å². The van der Waals surface area contributed by atoms with Gasteiger partial charge in [0.15, 0.2) is 5.78 Å². The van der Waals surface area contributed by atoms with Crippen molar-refractivity contribution in [3.63, 3.8) is 0 Å². The zero-order valence-electron chi connectivity index (χ0n) is 18.8. The Morgan fingerprint density at radius 3 is 2.41 bits per heavy atom. The lowest BCUT2D eigenvalue weighted by molar-refractivity contribution is 0.0840. The van der Waals surface area contributed by atoms with Gasteiger partial charge in [0.1, 0.15) is 5.82 Å². The van der Waals surface area contributed by atoms with Gasteiger partial charge in [-0.15, -0.1) is 12.4 Å². The molecule has 1 fully saturated rings. The maximum absolute atomic E-state index is 13.2. The first-order valence-electron chi connectivity index (χ1n) is 11.4. The number of hydrogen-bond acceptors (Lipinski definition) is 4. The Bertz CT molecular complexity index is 1150. The second-order valence-corrected chi connectivity index (χ2v) is 10.7. The van der Waals surface area contributed by atoms with Crippen LogP contribution in [0.5, 0.6) is 0 Å². The van der Waals surface area contributed by atoms with Crippen LogP contribution in [0, 0.1) is 11.7 Å². The zero-order chi connectivity index (χ0) is 22.8. The van der Waals surface area contributed by atoms with Crippen LogP contribution >= 0.6 is 40.1 Å². The number of rotatable bonds is 6. The fourth-order valence-corrected chi connectivity index (χ4v) is 6.19. The van der Waals surface area contributed by atoms with Crippen molar-refractivity contribution in [1.29, 1.82) is 0 Å². The Kier molecular flexibility index (Phi) is 8.35. The van der Waals surface area contributed by atoms with E-state index in [-0.39, 0.29) is 29.9 Å². The molecule has 2 aliphatic rings. The van der Waals surface area contributed by atoms with E-state index in [0.717, 1.165) is 49.9 Å². The molecule has 3 nitrogen and oxygen atoms in total. The van der Waals surface area contributed by atoms with Crippen molar-refractivity contribution in [2.45, 2.75) is 29.1 Å². The van der Waals surface area contributed by atoms with Gasteiger partial charge in [-0.05, 0) is 93.5 Å². The topological polar surface area (TPSA) is 23.6 Å². The summed E-state index contributed by atoms with van der Waals surface area (Å²) in [6.07, 6.45) is 2.80. The lowest BCUT2D eigenvalue weighted by atomic mass is 9.89. The predicted octanol–water partition coefficient (Wildman–Crippen LogP) is 7.60. The molecule has 0 atom stereocenters. The monoisotopic (exact) mass is 560 g/mol. The van der Waals surface area contributed by atoms with Crippen LogP contribution in [-0.4, -0.2) is 36.9 Å². The van der Waals surface area contributed by atoms with Crippen molar-refractivity contribution >= 4 is 57.3 Å². The number of Topliss-reactive ketones (excluding diaryl/α,β-unsaturated/α-hetero) is 1. The summed E-state index contributed by atoms with van der Waals surface area (Å²) in [6.45, 7) is 3.85. The van der Waals surface area contributed by atoms with Gasteiger partial charge in [-0.25, -0.2) is 4.39 Å². The molecule has 0 amide bonds. The number of nitrogens with zero attached hydrogens (tertiary/aromatic N) is 2. The van der Waals surface area contributed by atoms with Crippen LogP contribution in [0.25, 0.3) is 0 Å². The summed E-state index contributed by atoms with van der Waals surface area (Å²) in [4.78, 5) is 20.2. The van der Waals surface area contributed by atoms with Gasteiger partial charge in [-0.3, -0.25) is 4.79 Å². The molecule has 0 aromatic heterocycles. The average Bonchev–Trinajstić information content (AvgIpc) is 2.84. The number of carbonyl (C=O) groups is 1. The maximum atomic E-state index is 13.2. The third-order valence-electron chi connectivity index (χ3n) is 6.53. The van der Waals surface area contributed by atoms with E-state index < -0.39 is 0 Å². The molecule has 0 radical (unpaired) electrons. The molecule has 0 N–H and O–H groups in total. The Morgan fingerprint density at radius 2 is 1.65 bits per heavy atom. The van der Waals surface area contributed by atoms with E-state index in [2.05, 4.69) is 68.2 Å². The van der Waals surface area contributed by atoms with Crippen LogP contribution in [0.15, 0.2) is 81.0 Å². The summed E-state index contributed by atoms with van der Waals surface area (Å²) in [5, 5.41) is 0. The number of piperidine rings is 1. The van der Waals surface area contributed by atoms with E-state index in [1.807, 2.05) is 11.8 Å². The summed E-state index contributed by atoms with van der Waals surface area (Å²) in [7, 11) is 0. The second-order valence-electron chi connectivity index (χ2n) is 8.67. The lowest BCUT2D eigenvalue weighted by Gasteiger charge is -2.35. The van der Waals surface area contributed by atoms with E-state index in [1.54, 1.807) is 12.1 Å². The van der Waals surface area contributed by atoms with Gasteiger partial charge in [0.2, 0.25) is 0 Å². The summed E-state index contributed by atoms with van der Waals surface area (Å²) >= 11 is 5.47. The molecule has 7 heteroatoms. The summed E-state index contributed by atoms with van der Waals surface area (Å²) in [6, 6.07) is 21.1. The molecule has 178 valence electrons. The molecule has 3 aromatic carbocycles. The molecule has 0 aliphatic carbocycles. The maximum Gasteiger partial charge on any atom is 0.166 e. The summed E-state index contributed by atoms with van der Waals surface area (Å²) in [5.41, 5.74) is 3.16. The molecule has 0 unspecified atom stereocenters. The minimum absolute atomic E-state index is 0. The first-order chi connectivity index (χ1) is 16.1. The third kappa shape index (κ3) is 5.51. The molecule has 3 aromatic rings. The number of fused-ring (bicyclic) bond motifs is 2. The standard InChI is InChI=1S/C27H26BrFN2OS.ClH/c28-21-8-11-26-24(18-21)31(23-4-1-2-5-25(23)33-26)15-3-14-30-16-12-20(13-17-30)27(32)19-6-9-22(29)10-7-19;/h1-2,4-11,18,20H,3,12-17H2;1H. The summed E-state index contributed by atoms with van der Waals surface area (Å²) < 4.78 is 14.3. The molecule has 1 saturated heterocycles. The van der Waals surface area contributed by atoms with Crippen LogP contribution in [0.1, 0.15) is 29.6 Å². The fraction of sp³-hybridized carbons (Fsp3) is 0.296. The number of anilines is 2. The molecule has 0 saturated carbocycles. The second kappa shape index (κ2) is 11.3. The van der Waals surface area contributed by atoms with Crippen LogP contribution in [-0.2, 0) is 0 Å². The zero-order valence-corrected chi connectivity index (χ0v) is 22.0. The molecular weight excluding hydrogens is 535 g/mol. The third-order valence-corrected chi connectivity index (χ3v) is 8.15. The van der Waals surface area contributed by atoms with E-state index >= 15 is 0 Å². The van der Waals surface area contributed by atoms with E-state index in [4.69, 9.17) is 0 Å². The molecule has 34 heavy (non-hydrogen) atoms. The Hall–Kier alpha value is -1.86. The van der Waals surface area contributed by atoms with Crippen molar-refractivity contribution in [3.05, 3.63) is 82.6 Å². The number of benzene rings is 3. The van der Waals surface area contributed by atoms with E-state index in [9.17, 15) is 9.18 Å². The SMILES string of the molecule is Cl.O=C(c1ccc(F)cc1)C1CCN(CCCN2c3ccccc3Sc3ccc(Br)cc32)CC1. The van der Waals surface area contributed by atoms with Crippen molar-refractivity contribution in [1.82, 2.24) is 4.90 Å². The predicted molar refractivity (Wildman–Crippen MR) is 143 cm³/mol. The molecule has 5 rings (SSSR count). The summed E-state index contributed by atoms with van der Waals surface area (Å²) in [5.74, 6) is -0.104. The lowest BCUT2D eigenvalue weighted by Crippen LogP contribution is -2.38. The highest BCUT2D eigenvalue weighted by Gasteiger charge is 2.27. The van der Waals surface area contributed by atoms with Crippen molar-refractivity contribution in [3.8, 4) is 0 Å². The molecular formula is C27H27BrClFN2OS. The van der Waals surface area contributed by atoms with Gasteiger partial charge in [-0.2, -0.15) is 0 Å². The molecule has 2 aliphatic heterocycles. The van der Waals surface area contributed by atoms with Gasteiger partial charge in [0, 0.05) is 32.3 Å². The number of likely N-dealkylation sites (tertiary alicyclic amines) is 1. The molecule has 2 heterocycles. The van der Waals surface area contributed by atoms with Crippen molar-refractivity contribution < 1.29 is 9.18 Å².